The van der Waals surface area contributed by atoms with Crippen molar-refractivity contribution in [2.24, 2.45) is 26.1 Å². The predicted octanol–water partition coefficient (Wildman–Crippen LogP) is 5.32. The van der Waals surface area contributed by atoms with Crippen molar-refractivity contribution in [1.29, 1.82) is 0 Å². The minimum atomic E-state index is -0.0723. The molecule has 0 radical (unpaired) electrons. The zero-order chi connectivity index (χ0) is 19.8. The molecule has 0 fully saturated rings. The van der Waals surface area contributed by atoms with Gasteiger partial charge in [-0.15, -0.1) is 10.2 Å². The van der Waals surface area contributed by atoms with Crippen LogP contribution in [0.15, 0.2) is 98.6 Å². The third-order valence-electron chi connectivity index (χ3n) is 5.14. The molecule has 2 aliphatic rings. The van der Waals surface area contributed by atoms with Crippen LogP contribution >= 0.6 is 0 Å². The van der Waals surface area contributed by atoms with Gasteiger partial charge in [0.2, 0.25) is 5.88 Å². The predicted molar refractivity (Wildman–Crippen MR) is 115 cm³/mol. The summed E-state index contributed by atoms with van der Waals surface area (Å²) in [5.74, 6) is 0.350. The highest BCUT2D eigenvalue weighted by atomic mass is 16.3. The lowest BCUT2D eigenvalue weighted by atomic mass is 9.84. The number of allylic oxidation sites excluding steroid dienone is 2. The number of hydrogen-bond donors (Lipinski definition) is 2. The van der Waals surface area contributed by atoms with E-state index in [4.69, 9.17) is 4.99 Å². The van der Waals surface area contributed by atoms with Crippen LogP contribution in [0.2, 0.25) is 0 Å². The minimum Gasteiger partial charge on any atom is -0.493 e. The number of hydrogen-bond acceptors (Lipinski definition) is 5. The number of fused-ring (bicyclic) bond motifs is 2. The second-order valence-electron chi connectivity index (χ2n) is 7.15. The van der Waals surface area contributed by atoms with Crippen molar-refractivity contribution >= 4 is 28.3 Å². The van der Waals surface area contributed by atoms with Crippen LogP contribution in [-0.4, -0.2) is 27.8 Å². The molecule has 2 atom stereocenters. The molecule has 6 nitrogen and oxygen atoms in total. The van der Waals surface area contributed by atoms with E-state index in [0.717, 1.165) is 22.2 Å². The first-order chi connectivity index (χ1) is 14.2. The van der Waals surface area contributed by atoms with E-state index in [1.54, 1.807) is 0 Å². The molecule has 0 spiro atoms. The topological polar surface area (TPSA) is 85.5 Å². The number of nitrogens with zero attached hydrogens (tertiary/aromatic N) is 4. The van der Waals surface area contributed by atoms with Gasteiger partial charge >= 0.3 is 0 Å². The Labute approximate surface area is 167 Å². The quantitative estimate of drug-likeness (QED) is 0.579. The molecule has 6 heteroatoms. The summed E-state index contributed by atoms with van der Waals surface area (Å²) < 4.78 is 0. The van der Waals surface area contributed by atoms with E-state index in [1.165, 1.54) is 5.57 Å². The van der Waals surface area contributed by atoms with Gasteiger partial charge in [-0.05, 0) is 18.6 Å². The van der Waals surface area contributed by atoms with Crippen molar-refractivity contribution in [3.05, 3.63) is 84.0 Å². The maximum atomic E-state index is 10.2. The van der Waals surface area contributed by atoms with Crippen molar-refractivity contribution < 1.29 is 5.11 Å². The van der Waals surface area contributed by atoms with E-state index < -0.39 is 0 Å². The highest BCUT2D eigenvalue weighted by Gasteiger charge is 2.30. The summed E-state index contributed by atoms with van der Waals surface area (Å²) in [7, 11) is 0. The highest BCUT2D eigenvalue weighted by Crippen LogP contribution is 2.35. The van der Waals surface area contributed by atoms with Gasteiger partial charge in [-0.2, -0.15) is 0 Å². The van der Waals surface area contributed by atoms with Crippen molar-refractivity contribution in [1.82, 2.24) is 4.98 Å². The smallest absolute Gasteiger partial charge is 0.265 e. The van der Waals surface area contributed by atoms with E-state index in [0.29, 0.717) is 11.6 Å². The number of guanidine groups is 1. The molecule has 0 unspecified atom stereocenters. The molecule has 1 aromatic heterocycles. The molecule has 3 aromatic rings. The Morgan fingerprint density at radius 2 is 1.79 bits per heavy atom. The number of aromatic hydroxyl groups is 1. The first-order valence-electron chi connectivity index (χ1n) is 9.49. The number of para-hydroxylation sites is 1. The lowest BCUT2D eigenvalue weighted by Crippen LogP contribution is -2.31. The fraction of sp³-hybridized carbons (Fsp3) is 0.130. The molecular formula is C23H19N5O. The highest BCUT2D eigenvalue weighted by molar-refractivity contribution is 6.11. The van der Waals surface area contributed by atoms with Gasteiger partial charge in [0.25, 0.3) is 5.96 Å². The number of nitrogens with one attached hydrogen (secondary N) is 1. The molecule has 0 saturated heterocycles. The van der Waals surface area contributed by atoms with Gasteiger partial charge in [0.1, 0.15) is 0 Å². The molecule has 0 bridgehead atoms. The third-order valence-corrected chi connectivity index (χ3v) is 5.14. The van der Waals surface area contributed by atoms with E-state index in [9.17, 15) is 5.11 Å². The molecule has 1 aliphatic carbocycles. The Morgan fingerprint density at radius 1 is 1.00 bits per heavy atom. The largest absolute Gasteiger partial charge is 0.493 e. The number of aromatic nitrogens is 1. The molecule has 0 amide bonds. The number of aromatic amines is 1. The minimum absolute atomic E-state index is 0.0207. The number of benzene rings is 2. The van der Waals surface area contributed by atoms with E-state index >= 15 is 0 Å². The fourth-order valence-electron chi connectivity index (χ4n) is 3.74. The Hall–Kier alpha value is -3.80. The molecule has 2 N–H and O–H groups in total. The molecule has 5 rings (SSSR count). The van der Waals surface area contributed by atoms with Crippen LogP contribution < -0.4 is 0 Å². The average molecular weight is 381 g/mol. The van der Waals surface area contributed by atoms with Gasteiger partial charge < -0.3 is 10.1 Å². The van der Waals surface area contributed by atoms with Crippen LogP contribution in [0.25, 0.3) is 10.9 Å². The average Bonchev–Trinajstić information content (AvgIpc) is 3.07. The number of H-pyrrole nitrogens is 1. The molecular weight excluding hydrogens is 362 g/mol. The second-order valence-corrected chi connectivity index (χ2v) is 7.15. The first kappa shape index (κ1) is 17.3. The molecule has 2 heterocycles. The maximum absolute atomic E-state index is 10.2. The second kappa shape index (κ2) is 6.98. The van der Waals surface area contributed by atoms with Gasteiger partial charge in [0.05, 0.1) is 17.3 Å². The molecule has 2 aromatic carbocycles. The number of rotatable bonds is 2. The summed E-state index contributed by atoms with van der Waals surface area (Å²) in [6.07, 6.45) is 6.34. The normalized spacial score (nSPS) is 21.1. The van der Waals surface area contributed by atoms with Gasteiger partial charge in [-0.1, -0.05) is 72.3 Å². The summed E-state index contributed by atoms with van der Waals surface area (Å²) >= 11 is 0. The lowest BCUT2D eigenvalue weighted by Gasteiger charge is -2.27. The van der Waals surface area contributed by atoms with E-state index in [1.807, 2.05) is 54.6 Å². The van der Waals surface area contributed by atoms with Crippen LogP contribution in [0, 0.1) is 5.92 Å². The summed E-state index contributed by atoms with van der Waals surface area (Å²) in [4.78, 5) is 12.3. The number of azo groups is 1. The van der Waals surface area contributed by atoms with Crippen molar-refractivity contribution in [3.63, 3.8) is 0 Å². The standard InChI is InChI=1S/C23H19N5O/c1-14-11-12-19-17(13-14)20(15-7-3-2-4-8-15)26-23(25-19)28-27-21-16-9-5-6-10-18(16)24-22(21)29/h2-13,17,19,24,29H,1H3/t17-,19-/m0/s1. The summed E-state index contributed by atoms with van der Waals surface area (Å²) in [5.41, 5.74) is 4.34. The maximum Gasteiger partial charge on any atom is 0.265 e. The van der Waals surface area contributed by atoms with Gasteiger partial charge in [0.15, 0.2) is 5.69 Å². The number of aliphatic imine (C=N–C) groups is 2. The van der Waals surface area contributed by atoms with Gasteiger partial charge in [-0.3, -0.25) is 0 Å². The monoisotopic (exact) mass is 381 g/mol. The summed E-state index contributed by atoms with van der Waals surface area (Å²) in [6.45, 7) is 2.08. The molecule has 0 saturated carbocycles. The van der Waals surface area contributed by atoms with Crippen LogP contribution in [-0.2, 0) is 0 Å². The zero-order valence-electron chi connectivity index (χ0n) is 15.8. The summed E-state index contributed by atoms with van der Waals surface area (Å²) in [6, 6.07) is 17.6. The SMILES string of the molecule is CC1=C[C@@H]2C(c3ccccc3)=NC(N=Nc3c(O)[nH]c4ccccc34)=N[C@H]2C=C1. The Balaban J connectivity index is 1.56. The van der Waals surface area contributed by atoms with E-state index in [2.05, 4.69) is 45.4 Å². The molecule has 1 aliphatic heterocycles. The van der Waals surface area contributed by atoms with Gasteiger partial charge in [0, 0.05) is 11.3 Å². The summed E-state index contributed by atoms with van der Waals surface area (Å²) in [5, 5.41) is 19.5. The van der Waals surface area contributed by atoms with Crippen LogP contribution in [0.3, 0.4) is 0 Å². The lowest BCUT2D eigenvalue weighted by molar-refractivity contribution is 0.459. The van der Waals surface area contributed by atoms with E-state index in [-0.39, 0.29) is 17.8 Å². The fourth-order valence-corrected chi connectivity index (χ4v) is 3.74. The third kappa shape index (κ3) is 3.18. The Morgan fingerprint density at radius 3 is 2.66 bits per heavy atom. The molecule has 29 heavy (non-hydrogen) atoms. The van der Waals surface area contributed by atoms with Crippen LogP contribution in [0.5, 0.6) is 5.88 Å². The van der Waals surface area contributed by atoms with Crippen molar-refractivity contribution in [3.8, 4) is 5.88 Å². The van der Waals surface area contributed by atoms with Crippen LogP contribution in [0.4, 0.5) is 5.69 Å². The Kier molecular flexibility index (Phi) is 4.17. The molecule has 142 valence electrons. The van der Waals surface area contributed by atoms with Crippen LogP contribution in [0.1, 0.15) is 12.5 Å². The van der Waals surface area contributed by atoms with Gasteiger partial charge in [-0.25, -0.2) is 9.98 Å². The first-order valence-corrected chi connectivity index (χ1v) is 9.49. The Bertz CT molecular complexity index is 1230. The van der Waals surface area contributed by atoms with Crippen molar-refractivity contribution in [2.75, 3.05) is 0 Å². The zero-order valence-corrected chi connectivity index (χ0v) is 15.8. The van der Waals surface area contributed by atoms with Crippen molar-refractivity contribution in [2.45, 2.75) is 13.0 Å².